The second kappa shape index (κ2) is 5.29. The molecule has 3 heteroatoms. The molecule has 0 fully saturated rings. The van der Waals surface area contributed by atoms with Crippen molar-refractivity contribution in [3.05, 3.63) is 42.5 Å². The van der Waals surface area contributed by atoms with Crippen LogP contribution in [0, 0.1) is 0 Å². The van der Waals surface area contributed by atoms with Gasteiger partial charge in [0.15, 0.2) is 0 Å². The fourth-order valence-corrected chi connectivity index (χ4v) is 2.35. The molecule has 100 valence electrons. The van der Waals surface area contributed by atoms with Crippen molar-refractivity contribution in [1.29, 1.82) is 0 Å². The third-order valence-electron chi connectivity index (χ3n) is 3.62. The van der Waals surface area contributed by atoms with Crippen LogP contribution in [0.1, 0.15) is 32.4 Å². The first-order valence-electron chi connectivity index (χ1n) is 6.27. The Hall–Kier alpha value is -1.06. The van der Waals surface area contributed by atoms with Crippen molar-refractivity contribution >= 4 is 8.32 Å². The molecule has 0 aliphatic heterocycles. The first kappa shape index (κ1) is 15.0. The molecule has 0 unspecified atom stereocenters. The molecule has 1 N–H and O–H groups in total. The van der Waals surface area contributed by atoms with E-state index in [0.29, 0.717) is 0 Å². The van der Waals surface area contributed by atoms with E-state index in [2.05, 4.69) is 40.4 Å². The van der Waals surface area contributed by atoms with Gasteiger partial charge in [0.25, 0.3) is 0 Å². The van der Waals surface area contributed by atoms with Crippen LogP contribution < -0.4 is 4.43 Å². The normalized spacial score (nSPS) is 14.1. The van der Waals surface area contributed by atoms with Crippen LogP contribution in [0.25, 0.3) is 0 Å². The standard InChI is InChI=1S/C15H24O2Si/c1-7-14(16)12-8-10-13(11-9-12)17-18(5,6)15(2,3)4/h7-11,14,16H,1H2,2-6H3/t14-/m1/s1. The average Bonchev–Trinajstić information content (AvgIpc) is 2.27. The molecule has 0 bridgehead atoms. The zero-order valence-electron chi connectivity index (χ0n) is 12.0. The molecule has 0 saturated heterocycles. The van der Waals surface area contributed by atoms with Crippen LogP contribution in [-0.2, 0) is 0 Å². The minimum absolute atomic E-state index is 0.187. The van der Waals surface area contributed by atoms with Crippen LogP contribution in [0.3, 0.4) is 0 Å². The average molecular weight is 264 g/mol. The Morgan fingerprint density at radius 1 is 1.22 bits per heavy atom. The van der Waals surface area contributed by atoms with Crippen LogP contribution in [0.4, 0.5) is 0 Å². The van der Waals surface area contributed by atoms with Gasteiger partial charge in [-0.3, -0.25) is 0 Å². The minimum atomic E-state index is -1.78. The van der Waals surface area contributed by atoms with E-state index in [0.717, 1.165) is 11.3 Å². The van der Waals surface area contributed by atoms with E-state index in [1.54, 1.807) is 0 Å². The molecule has 0 radical (unpaired) electrons. The van der Waals surface area contributed by atoms with Crippen molar-refractivity contribution in [1.82, 2.24) is 0 Å². The molecule has 0 heterocycles. The predicted molar refractivity (Wildman–Crippen MR) is 79.4 cm³/mol. The summed E-state index contributed by atoms with van der Waals surface area (Å²) in [4.78, 5) is 0. The monoisotopic (exact) mass is 264 g/mol. The van der Waals surface area contributed by atoms with Gasteiger partial charge in [0.2, 0.25) is 8.32 Å². The molecule has 1 aromatic carbocycles. The largest absolute Gasteiger partial charge is 0.544 e. The van der Waals surface area contributed by atoms with Crippen molar-refractivity contribution in [3.8, 4) is 5.75 Å². The summed E-state index contributed by atoms with van der Waals surface area (Å²) in [7, 11) is -1.78. The third-order valence-corrected chi connectivity index (χ3v) is 7.98. The molecule has 0 saturated carbocycles. The molecule has 18 heavy (non-hydrogen) atoms. The highest BCUT2D eigenvalue weighted by molar-refractivity contribution is 6.74. The number of aliphatic hydroxyl groups is 1. The van der Waals surface area contributed by atoms with Crippen molar-refractivity contribution in [2.75, 3.05) is 0 Å². The summed E-state index contributed by atoms with van der Waals surface area (Å²) in [5, 5.41) is 9.82. The second-order valence-electron chi connectivity index (χ2n) is 6.11. The molecule has 0 aliphatic rings. The number of aliphatic hydroxyl groups excluding tert-OH is 1. The van der Waals surface area contributed by atoms with Gasteiger partial charge < -0.3 is 9.53 Å². The quantitative estimate of drug-likeness (QED) is 0.649. The first-order chi connectivity index (χ1) is 8.17. The van der Waals surface area contributed by atoms with E-state index < -0.39 is 14.4 Å². The van der Waals surface area contributed by atoms with E-state index in [-0.39, 0.29) is 5.04 Å². The number of rotatable bonds is 4. The summed E-state index contributed by atoms with van der Waals surface area (Å²) < 4.78 is 6.17. The van der Waals surface area contributed by atoms with Gasteiger partial charge in [-0.15, -0.1) is 6.58 Å². The van der Waals surface area contributed by atoms with Crippen LogP contribution in [-0.4, -0.2) is 13.4 Å². The molecule has 0 spiro atoms. The highest BCUT2D eigenvalue weighted by Crippen LogP contribution is 2.37. The summed E-state index contributed by atoms with van der Waals surface area (Å²) in [5.41, 5.74) is 0.840. The van der Waals surface area contributed by atoms with Crippen molar-refractivity contribution in [3.63, 3.8) is 0 Å². The highest BCUT2D eigenvalue weighted by atomic mass is 28.4. The number of hydrogen-bond acceptors (Lipinski definition) is 2. The van der Waals surface area contributed by atoms with E-state index in [9.17, 15) is 5.11 Å². The molecular formula is C15H24O2Si. The van der Waals surface area contributed by atoms with E-state index in [1.165, 1.54) is 6.08 Å². The maximum Gasteiger partial charge on any atom is 0.250 e. The second-order valence-corrected chi connectivity index (χ2v) is 10.8. The molecule has 1 atom stereocenters. The van der Waals surface area contributed by atoms with Crippen molar-refractivity contribution in [2.24, 2.45) is 0 Å². The molecular weight excluding hydrogens is 240 g/mol. The number of hydrogen-bond donors (Lipinski definition) is 1. The van der Waals surface area contributed by atoms with Crippen molar-refractivity contribution < 1.29 is 9.53 Å². The zero-order chi connectivity index (χ0) is 14.0. The summed E-state index contributed by atoms with van der Waals surface area (Å²) in [6.45, 7) is 14.7. The van der Waals surface area contributed by atoms with E-state index in [4.69, 9.17) is 4.43 Å². The third kappa shape index (κ3) is 3.46. The van der Waals surface area contributed by atoms with Gasteiger partial charge in [0, 0.05) is 0 Å². The van der Waals surface area contributed by atoms with Crippen LogP contribution in [0.15, 0.2) is 36.9 Å². The molecule has 2 nitrogen and oxygen atoms in total. The summed E-state index contributed by atoms with van der Waals surface area (Å²) >= 11 is 0. The van der Waals surface area contributed by atoms with Gasteiger partial charge >= 0.3 is 0 Å². The lowest BCUT2D eigenvalue weighted by molar-refractivity contribution is 0.229. The lowest BCUT2D eigenvalue weighted by Gasteiger charge is -2.36. The van der Waals surface area contributed by atoms with Gasteiger partial charge in [0.05, 0.1) is 6.10 Å². The van der Waals surface area contributed by atoms with E-state index in [1.807, 2.05) is 24.3 Å². The first-order valence-corrected chi connectivity index (χ1v) is 9.18. The lowest BCUT2D eigenvalue weighted by atomic mass is 10.1. The molecule has 1 aromatic rings. The highest BCUT2D eigenvalue weighted by Gasteiger charge is 2.38. The zero-order valence-corrected chi connectivity index (χ0v) is 13.0. The minimum Gasteiger partial charge on any atom is -0.544 e. The predicted octanol–water partition coefficient (Wildman–Crippen LogP) is 4.29. The lowest BCUT2D eigenvalue weighted by Crippen LogP contribution is -2.43. The summed E-state index contributed by atoms with van der Waals surface area (Å²) in [5.74, 6) is 0.876. The maximum absolute atomic E-state index is 9.63. The molecule has 0 amide bonds. The number of benzene rings is 1. The smallest absolute Gasteiger partial charge is 0.250 e. The Morgan fingerprint density at radius 2 is 1.72 bits per heavy atom. The SMILES string of the molecule is C=C[C@@H](O)c1ccc(O[Si](C)(C)C(C)(C)C)cc1. The van der Waals surface area contributed by atoms with Gasteiger partial charge in [-0.25, -0.2) is 0 Å². The maximum atomic E-state index is 9.63. The Bertz CT molecular complexity index is 401. The fraction of sp³-hybridized carbons (Fsp3) is 0.467. The van der Waals surface area contributed by atoms with E-state index >= 15 is 0 Å². The van der Waals surface area contributed by atoms with Crippen LogP contribution in [0.2, 0.25) is 18.1 Å². The Morgan fingerprint density at radius 3 is 2.11 bits per heavy atom. The molecule has 1 rings (SSSR count). The van der Waals surface area contributed by atoms with Gasteiger partial charge in [-0.05, 0) is 35.8 Å². The Kier molecular flexibility index (Phi) is 4.40. The van der Waals surface area contributed by atoms with Gasteiger partial charge in [-0.2, -0.15) is 0 Å². The van der Waals surface area contributed by atoms with Crippen LogP contribution >= 0.6 is 0 Å². The fourth-order valence-electron chi connectivity index (χ4n) is 1.32. The Balaban J connectivity index is 2.85. The Labute approximate surface area is 111 Å². The molecule has 0 aromatic heterocycles. The van der Waals surface area contributed by atoms with Gasteiger partial charge in [0.1, 0.15) is 5.75 Å². The summed E-state index contributed by atoms with van der Waals surface area (Å²) in [6, 6.07) is 7.61. The molecule has 0 aliphatic carbocycles. The van der Waals surface area contributed by atoms with Crippen LogP contribution in [0.5, 0.6) is 5.75 Å². The van der Waals surface area contributed by atoms with Crippen molar-refractivity contribution in [2.45, 2.75) is 45.0 Å². The summed E-state index contributed by atoms with van der Waals surface area (Å²) in [6.07, 6.45) is 0.913. The van der Waals surface area contributed by atoms with Gasteiger partial charge in [-0.1, -0.05) is 39.0 Å². The topological polar surface area (TPSA) is 29.5 Å².